The second kappa shape index (κ2) is 6.10. The van der Waals surface area contributed by atoms with Crippen molar-refractivity contribution in [2.75, 3.05) is 23.7 Å². The number of hydrogen-bond donors (Lipinski definition) is 2. The van der Waals surface area contributed by atoms with E-state index in [1.165, 1.54) is 0 Å². The van der Waals surface area contributed by atoms with E-state index in [2.05, 4.69) is 46.6 Å². The van der Waals surface area contributed by atoms with Gasteiger partial charge in [-0.15, -0.1) is 0 Å². The fraction of sp³-hybridized carbons (Fsp3) is 0.429. The van der Waals surface area contributed by atoms with Gasteiger partial charge in [0, 0.05) is 10.5 Å². The summed E-state index contributed by atoms with van der Waals surface area (Å²) in [5.74, 6) is 0. The van der Waals surface area contributed by atoms with Crippen LogP contribution in [0.15, 0.2) is 34.3 Å². The first-order chi connectivity index (χ1) is 9.70. The fourth-order valence-electron chi connectivity index (χ4n) is 2.02. The molecule has 2 heterocycles. The minimum absolute atomic E-state index is 0.563. The van der Waals surface area contributed by atoms with Gasteiger partial charge in [0.05, 0.1) is 24.5 Å². The highest BCUT2D eigenvalue weighted by Gasteiger charge is 2.18. The molecule has 6 heteroatoms. The Kier molecular flexibility index (Phi) is 4.21. The Morgan fingerprint density at radius 3 is 1.70 bits per heavy atom. The third kappa shape index (κ3) is 3.30. The molecule has 3 rings (SSSR count). The molecule has 0 spiro atoms. The number of benzene rings is 1. The van der Waals surface area contributed by atoms with Crippen molar-refractivity contribution < 1.29 is 0 Å². The molecular weight excluding hydrogens is 288 g/mol. The van der Waals surface area contributed by atoms with Gasteiger partial charge in [-0.1, -0.05) is 49.5 Å². The van der Waals surface area contributed by atoms with Crippen molar-refractivity contribution in [3.8, 4) is 0 Å². The first-order valence-corrected chi connectivity index (χ1v) is 8.52. The van der Waals surface area contributed by atoms with Gasteiger partial charge in [0.1, 0.15) is 0 Å². The maximum Gasteiger partial charge on any atom is 0.161 e. The average Bonchev–Trinajstić information content (AvgIpc) is 3.01. The van der Waals surface area contributed by atoms with Crippen molar-refractivity contribution in [2.45, 2.75) is 24.3 Å². The summed E-state index contributed by atoms with van der Waals surface area (Å²) in [5, 5.41) is 9.95. The van der Waals surface area contributed by atoms with Crippen molar-refractivity contribution >= 4 is 45.2 Å². The molecule has 0 unspecified atom stereocenters. The molecule has 0 fully saturated rings. The normalized spacial score (nSPS) is 25.3. The van der Waals surface area contributed by atoms with E-state index in [1.807, 2.05) is 12.1 Å². The Balaban J connectivity index is 1.71. The molecule has 2 N–H and O–H groups in total. The lowest BCUT2D eigenvalue weighted by Gasteiger charge is -2.13. The third-order valence-corrected chi connectivity index (χ3v) is 5.03. The van der Waals surface area contributed by atoms with E-state index in [-0.39, 0.29) is 0 Å². The van der Waals surface area contributed by atoms with E-state index < -0.39 is 0 Å². The predicted octanol–water partition coefficient (Wildman–Crippen LogP) is 3.49. The van der Waals surface area contributed by atoms with E-state index in [9.17, 15) is 0 Å². The van der Waals surface area contributed by atoms with Crippen molar-refractivity contribution in [1.29, 1.82) is 0 Å². The van der Waals surface area contributed by atoms with E-state index in [1.54, 1.807) is 23.5 Å². The van der Waals surface area contributed by atoms with Gasteiger partial charge >= 0.3 is 0 Å². The highest BCUT2D eigenvalue weighted by molar-refractivity contribution is 8.15. The molecule has 2 aliphatic rings. The summed E-state index contributed by atoms with van der Waals surface area (Å²) in [7, 11) is 0. The number of amidine groups is 2. The van der Waals surface area contributed by atoms with E-state index in [4.69, 9.17) is 0 Å². The molecule has 1 aromatic carbocycles. The van der Waals surface area contributed by atoms with Crippen molar-refractivity contribution in [3.05, 3.63) is 24.3 Å². The van der Waals surface area contributed by atoms with Crippen LogP contribution in [0.25, 0.3) is 0 Å². The molecule has 0 aliphatic carbocycles. The topological polar surface area (TPSA) is 48.8 Å². The smallest absolute Gasteiger partial charge is 0.161 e. The molecule has 0 aromatic heterocycles. The second-order valence-corrected chi connectivity index (χ2v) is 7.80. The summed E-state index contributed by atoms with van der Waals surface area (Å²) in [6.07, 6.45) is 0. The molecule has 0 bridgehead atoms. The highest BCUT2D eigenvalue weighted by atomic mass is 32.2. The van der Waals surface area contributed by atoms with Gasteiger partial charge < -0.3 is 10.6 Å². The second-order valence-electron chi connectivity index (χ2n) is 4.94. The fourth-order valence-corrected chi connectivity index (χ4v) is 3.72. The van der Waals surface area contributed by atoms with E-state index >= 15 is 0 Å². The highest BCUT2D eigenvalue weighted by Crippen LogP contribution is 2.29. The number of nitrogens with zero attached hydrogens (tertiary/aromatic N) is 2. The average molecular weight is 306 g/mol. The molecule has 0 saturated carbocycles. The standard InChI is InChI=1S/C14H18N4S2/c1-9-7-15-13(19-9)17-11-5-3-4-6-12(11)18-14-16-8-10(2)20-14/h3-6,9-10H,7-8H2,1-2H3,(H,15,17)(H,16,18)/t9-,10-/m0/s1. The predicted molar refractivity (Wildman–Crippen MR) is 92.4 cm³/mol. The maximum atomic E-state index is 4.50. The molecule has 2 aliphatic heterocycles. The van der Waals surface area contributed by atoms with Crippen LogP contribution in [0.3, 0.4) is 0 Å². The van der Waals surface area contributed by atoms with Crippen LogP contribution in [-0.4, -0.2) is 33.9 Å². The van der Waals surface area contributed by atoms with E-state index in [0.717, 1.165) is 34.8 Å². The minimum Gasteiger partial charge on any atom is -0.333 e. The van der Waals surface area contributed by atoms with Gasteiger partial charge in [0.15, 0.2) is 10.3 Å². The van der Waals surface area contributed by atoms with E-state index in [0.29, 0.717) is 10.5 Å². The van der Waals surface area contributed by atoms with Gasteiger partial charge in [-0.2, -0.15) is 0 Å². The van der Waals surface area contributed by atoms with Crippen LogP contribution < -0.4 is 10.6 Å². The largest absolute Gasteiger partial charge is 0.333 e. The molecule has 0 saturated heterocycles. The van der Waals surface area contributed by atoms with Crippen molar-refractivity contribution in [3.63, 3.8) is 0 Å². The molecular formula is C14H18N4S2. The number of hydrogen-bond acceptors (Lipinski definition) is 6. The summed E-state index contributed by atoms with van der Waals surface area (Å²) in [5.41, 5.74) is 2.10. The quantitative estimate of drug-likeness (QED) is 0.878. The monoisotopic (exact) mass is 306 g/mol. The Morgan fingerprint density at radius 1 is 0.900 bits per heavy atom. The van der Waals surface area contributed by atoms with Gasteiger partial charge in [0.25, 0.3) is 0 Å². The van der Waals surface area contributed by atoms with Crippen LogP contribution in [0.5, 0.6) is 0 Å². The van der Waals surface area contributed by atoms with Crippen LogP contribution >= 0.6 is 23.5 Å². The van der Waals surface area contributed by atoms with Crippen molar-refractivity contribution in [1.82, 2.24) is 0 Å². The van der Waals surface area contributed by atoms with Gasteiger partial charge in [-0.25, -0.2) is 0 Å². The number of nitrogens with one attached hydrogen (secondary N) is 2. The molecule has 0 radical (unpaired) electrons. The van der Waals surface area contributed by atoms with Gasteiger partial charge in [-0.05, 0) is 12.1 Å². The Labute approximate surface area is 127 Å². The number of thioether (sulfide) groups is 2. The number of para-hydroxylation sites is 2. The molecule has 106 valence electrons. The summed E-state index contributed by atoms with van der Waals surface area (Å²) >= 11 is 3.58. The molecule has 20 heavy (non-hydrogen) atoms. The zero-order valence-electron chi connectivity index (χ0n) is 11.6. The van der Waals surface area contributed by atoms with Crippen LogP contribution in [-0.2, 0) is 0 Å². The minimum atomic E-state index is 0.563. The lowest BCUT2D eigenvalue weighted by molar-refractivity contribution is 0.976. The number of rotatable bonds is 2. The first-order valence-electron chi connectivity index (χ1n) is 6.76. The van der Waals surface area contributed by atoms with Crippen LogP contribution in [0.2, 0.25) is 0 Å². The Hall–Kier alpha value is -1.14. The molecule has 4 nitrogen and oxygen atoms in total. The lowest BCUT2D eigenvalue weighted by atomic mass is 10.2. The Morgan fingerprint density at radius 2 is 1.35 bits per heavy atom. The summed E-state index contributed by atoms with van der Waals surface area (Å²) in [4.78, 5) is 9.00. The first kappa shape index (κ1) is 13.8. The van der Waals surface area contributed by atoms with Crippen LogP contribution in [0.4, 0.5) is 11.4 Å². The third-order valence-electron chi connectivity index (χ3n) is 3.02. The summed E-state index contributed by atoms with van der Waals surface area (Å²) < 4.78 is 0. The van der Waals surface area contributed by atoms with Gasteiger partial charge in [-0.3, -0.25) is 9.98 Å². The molecule has 1 aromatic rings. The number of aliphatic imine (C=N–C) groups is 2. The van der Waals surface area contributed by atoms with Crippen molar-refractivity contribution in [2.24, 2.45) is 9.98 Å². The number of anilines is 2. The molecule has 2 atom stereocenters. The zero-order valence-corrected chi connectivity index (χ0v) is 13.2. The van der Waals surface area contributed by atoms with Gasteiger partial charge in [0.2, 0.25) is 0 Å². The SMILES string of the molecule is C[C@H]1CN=C(Nc2ccccc2NC2=NC[C@H](C)S2)S1. The summed E-state index contributed by atoms with van der Waals surface area (Å²) in [6.45, 7) is 6.17. The lowest BCUT2D eigenvalue weighted by Crippen LogP contribution is -2.11. The molecule has 0 amide bonds. The summed E-state index contributed by atoms with van der Waals surface area (Å²) in [6, 6.07) is 8.20. The van der Waals surface area contributed by atoms with Crippen LogP contribution in [0.1, 0.15) is 13.8 Å². The van der Waals surface area contributed by atoms with Crippen LogP contribution in [0, 0.1) is 0 Å². The maximum absolute atomic E-state index is 4.50. The zero-order chi connectivity index (χ0) is 13.9. The Bertz CT molecular complexity index is 507.